The second-order valence-corrected chi connectivity index (χ2v) is 4.87. The van der Waals surface area contributed by atoms with Crippen LogP contribution in [0.15, 0.2) is 42.5 Å². The van der Waals surface area contributed by atoms with E-state index in [9.17, 15) is 4.39 Å². The molecule has 4 heteroatoms. The minimum absolute atomic E-state index is 0.268. The van der Waals surface area contributed by atoms with E-state index < -0.39 is 0 Å². The van der Waals surface area contributed by atoms with E-state index in [1.54, 1.807) is 6.07 Å². The predicted molar refractivity (Wildman–Crippen MR) is 75.6 cm³/mol. The average molecular weight is 273 g/mol. The van der Waals surface area contributed by atoms with E-state index in [0.717, 1.165) is 17.7 Å². The maximum atomic E-state index is 13.0. The minimum atomic E-state index is -0.355. The van der Waals surface area contributed by atoms with E-state index in [1.807, 2.05) is 18.2 Å². The van der Waals surface area contributed by atoms with E-state index in [2.05, 4.69) is 6.07 Å². The number of halogens is 1. The standard InChI is InChI=1S/C16H16FNO2/c17-12-5-6-16(14(18)9-12)20-10-11-7-8-19-15-4-2-1-3-13(11)15/h1-6,9,11H,7-8,10,18H2. The largest absolute Gasteiger partial charge is 0.493 e. The van der Waals surface area contributed by atoms with Crippen LogP contribution in [0, 0.1) is 5.82 Å². The van der Waals surface area contributed by atoms with Gasteiger partial charge >= 0.3 is 0 Å². The summed E-state index contributed by atoms with van der Waals surface area (Å²) in [4.78, 5) is 0. The van der Waals surface area contributed by atoms with Crippen molar-refractivity contribution in [1.82, 2.24) is 0 Å². The van der Waals surface area contributed by atoms with Crippen molar-refractivity contribution in [3.05, 3.63) is 53.8 Å². The molecule has 0 aliphatic carbocycles. The van der Waals surface area contributed by atoms with Gasteiger partial charge in [-0.2, -0.15) is 0 Å². The van der Waals surface area contributed by atoms with Crippen LogP contribution >= 0.6 is 0 Å². The number of nitrogens with two attached hydrogens (primary N) is 1. The Morgan fingerprint density at radius 3 is 2.95 bits per heavy atom. The molecule has 0 bridgehead atoms. The van der Waals surface area contributed by atoms with Gasteiger partial charge in [0.25, 0.3) is 0 Å². The second-order valence-electron chi connectivity index (χ2n) is 4.87. The summed E-state index contributed by atoms with van der Waals surface area (Å²) < 4.78 is 24.3. The first-order valence-corrected chi connectivity index (χ1v) is 6.63. The zero-order valence-electron chi connectivity index (χ0n) is 11.0. The third kappa shape index (κ3) is 2.54. The molecule has 20 heavy (non-hydrogen) atoms. The highest BCUT2D eigenvalue weighted by Gasteiger charge is 2.21. The van der Waals surface area contributed by atoms with Gasteiger partial charge in [0.05, 0.1) is 18.9 Å². The third-order valence-electron chi connectivity index (χ3n) is 3.49. The number of hydrogen-bond acceptors (Lipinski definition) is 3. The second kappa shape index (κ2) is 5.41. The molecule has 0 radical (unpaired) electrons. The zero-order chi connectivity index (χ0) is 13.9. The summed E-state index contributed by atoms with van der Waals surface area (Å²) in [6.45, 7) is 1.19. The normalized spacial score (nSPS) is 17.1. The maximum absolute atomic E-state index is 13.0. The van der Waals surface area contributed by atoms with Crippen molar-refractivity contribution >= 4 is 5.69 Å². The lowest BCUT2D eigenvalue weighted by atomic mass is 9.94. The van der Waals surface area contributed by atoms with Crippen molar-refractivity contribution in [3.8, 4) is 11.5 Å². The van der Waals surface area contributed by atoms with Gasteiger partial charge < -0.3 is 15.2 Å². The first-order chi connectivity index (χ1) is 9.74. The molecule has 2 aromatic rings. The molecule has 2 aromatic carbocycles. The van der Waals surface area contributed by atoms with Crippen molar-refractivity contribution < 1.29 is 13.9 Å². The van der Waals surface area contributed by atoms with Crippen LogP contribution in [0.5, 0.6) is 11.5 Å². The van der Waals surface area contributed by atoms with E-state index in [4.69, 9.17) is 15.2 Å². The van der Waals surface area contributed by atoms with Crippen molar-refractivity contribution in [1.29, 1.82) is 0 Å². The van der Waals surface area contributed by atoms with Crippen molar-refractivity contribution in [3.63, 3.8) is 0 Å². The Bertz CT molecular complexity index is 615. The van der Waals surface area contributed by atoms with Crippen LogP contribution in [0.25, 0.3) is 0 Å². The molecular weight excluding hydrogens is 257 g/mol. The molecule has 0 spiro atoms. The molecule has 0 fully saturated rings. The Morgan fingerprint density at radius 1 is 1.25 bits per heavy atom. The minimum Gasteiger partial charge on any atom is -0.493 e. The van der Waals surface area contributed by atoms with Crippen LogP contribution in [0.2, 0.25) is 0 Å². The highest BCUT2D eigenvalue weighted by Crippen LogP contribution is 2.34. The Balaban J connectivity index is 1.73. The molecule has 0 saturated carbocycles. The van der Waals surface area contributed by atoms with Gasteiger partial charge in [0.15, 0.2) is 0 Å². The van der Waals surface area contributed by atoms with Crippen molar-refractivity contribution in [2.45, 2.75) is 12.3 Å². The third-order valence-corrected chi connectivity index (χ3v) is 3.49. The number of hydrogen-bond donors (Lipinski definition) is 1. The summed E-state index contributed by atoms with van der Waals surface area (Å²) in [6, 6.07) is 12.2. The molecule has 3 rings (SSSR count). The zero-order valence-corrected chi connectivity index (χ0v) is 11.0. The van der Waals surface area contributed by atoms with Gasteiger partial charge in [0.2, 0.25) is 0 Å². The predicted octanol–water partition coefficient (Wildman–Crippen LogP) is 3.35. The van der Waals surface area contributed by atoms with Gasteiger partial charge in [-0.25, -0.2) is 4.39 Å². The van der Waals surface area contributed by atoms with Gasteiger partial charge in [0.1, 0.15) is 17.3 Å². The lowest BCUT2D eigenvalue weighted by Crippen LogP contribution is -2.19. The molecule has 0 saturated heterocycles. The molecule has 1 unspecified atom stereocenters. The Labute approximate surface area is 117 Å². The highest BCUT2D eigenvalue weighted by molar-refractivity contribution is 5.52. The monoisotopic (exact) mass is 273 g/mol. The SMILES string of the molecule is Nc1cc(F)ccc1OCC1CCOc2ccccc21. The van der Waals surface area contributed by atoms with Crippen LogP contribution in [0.3, 0.4) is 0 Å². The molecule has 0 aromatic heterocycles. The molecule has 3 nitrogen and oxygen atoms in total. The molecule has 1 aliphatic rings. The Hall–Kier alpha value is -2.23. The van der Waals surface area contributed by atoms with E-state index in [1.165, 1.54) is 12.1 Å². The maximum Gasteiger partial charge on any atom is 0.142 e. The Kier molecular flexibility index (Phi) is 3.46. The summed E-state index contributed by atoms with van der Waals surface area (Å²) in [5, 5.41) is 0. The molecule has 1 atom stereocenters. The number of ether oxygens (including phenoxy) is 2. The molecule has 1 heterocycles. The molecule has 2 N–H and O–H groups in total. The van der Waals surface area contributed by atoms with E-state index in [-0.39, 0.29) is 11.7 Å². The van der Waals surface area contributed by atoms with Gasteiger partial charge in [-0.05, 0) is 24.6 Å². The lowest BCUT2D eigenvalue weighted by molar-refractivity contribution is 0.218. The number of anilines is 1. The van der Waals surface area contributed by atoms with Gasteiger partial charge in [-0.3, -0.25) is 0 Å². The molecular formula is C16H16FNO2. The molecule has 104 valence electrons. The lowest BCUT2D eigenvalue weighted by Gasteiger charge is -2.26. The van der Waals surface area contributed by atoms with Crippen LogP contribution < -0.4 is 15.2 Å². The number of rotatable bonds is 3. The Morgan fingerprint density at radius 2 is 2.10 bits per heavy atom. The summed E-state index contributed by atoms with van der Waals surface area (Å²) in [5.74, 6) is 1.35. The van der Waals surface area contributed by atoms with Crippen LogP contribution in [-0.4, -0.2) is 13.2 Å². The van der Waals surface area contributed by atoms with Crippen LogP contribution in [0.4, 0.5) is 10.1 Å². The van der Waals surface area contributed by atoms with E-state index >= 15 is 0 Å². The number of para-hydroxylation sites is 1. The van der Waals surface area contributed by atoms with Crippen LogP contribution in [-0.2, 0) is 0 Å². The summed E-state index contributed by atoms with van der Waals surface area (Å²) in [7, 11) is 0. The summed E-state index contributed by atoms with van der Waals surface area (Å²) in [5.41, 5.74) is 7.22. The number of fused-ring (bicyclic) bond motifs is 1. The van der Waals surface area contributed by atoms with Gasteiger partial charge in [0, 0.05) is 17.5 Å². The van der Waals surface area contributed by atoms with Crippen LogP contribution in [0.1, 0.15) is 17.9 Å². The van der Waals surface area contributed by atoms with Crippen molar-refractivity contribution in [2.75, 3.05) is 18.9 Å². The summed E-state index contributed by atoms with van der Waals surface area (Å²) >= 11 is 0. The van der Waals surface area contributed by atoms with E-state index in [0.29, 0.717) is 24.7 Å². The summed E-state index contributed by atoms with van der Waals surface area (Å²) in [6.07, 6.45) is 0.901. The topological polar surface area (TPSA) is 44.5 Å². The fraction of sp³-hybridized carbons (Fsp3) is 0.250. The highest BCUT2D eigenvalue weighted by atomic mass is 19.1. The fourth-order valence-electron chi connectivity index (χ4n) is 2.43. The smallest absolute Gasteiger partial charge is 0.142 e. The van der Waals surface area contributed by atoms with Crippen molar-refractivity contribution in [2.24, 2.45) is 0 Å². The average Bonchev–Trinajstić information content (AvgIpc) is 2.46. The first kappa shape index (κ1) is 12.8. The van der Waals surface area contributed by atoms with Gasteiger partial charge in [-0.15, -0.1) is 0 Å². The number of benzene rings is 2. The fourth-order valence-corrected chi connectivity index (χ4v) is 2.43. The first-order valence-electron chi connectivity index (χ1n) is 6.63. The molecule has 1 aliphatic heterocycles. The quantitative estimate of drug-likeness (QED) is 0.872. The number of nitrogen functional groups attached to an aromatic ring is 1. The van der Waals surface area contributed by atoms with Gasteiger partial charge in [-0.1, -0.05) is 18.2 Å². The molecule has 0 amide bonds.